The molecule has 0 saturated carbocycles. The van der Waals surface area contributed by atoms with Crippen LogP contribution in [-0.2, 0) is 12.8 Å². The van der Waals surface area contributed by atoms with Crippen LogP contribution in [0.2, 0.25) is 0 Å². The van der Waals surface area contributed by atoms with Crippen LogP contribution in [0.4, 0.5) is 0 Å². The molecule has 0 radical (unpaired) electrons. The standard InChI is InChI=1S/C15H23N2P/c1-4-11-8-13(18)9-14-12(10-16-15(11)14)6-7-17(3)5-2/h8-10,16H,4-7,18H2,1-3H3. The number of likely N-dealkylation sites (N-methyl/N-ethyl adjacent to an activating group) is 1. The molecule has 0 saturated heterocycles. The highest BCUT2D eigenvalue weighted by Crippen LogP contribution is 2.22. The molecule has 0 aliphatic heterocycles. The number of hydrogen-bond donors (Lipinski definition) is 1. The van der Waals surface area contributed by atoms with Crippen molar-refractivity contribution in [3.8, 4) is 0 Å². The fourth-order valence-corrected chi connectivity index (χ4v) is 2.71. The predicted octanol–water partition coefficient (Wildman–Crippen LogP) is 2.72. The van der Waals surface area contributed by atoms with Crippen molar-refractivity contribution in [2.45, 2.75) is 26.7 Å². The third kappa shape index (κ3) is 2.76. The lowest BCUT2D eigenvalue weighted by Crippen LogP contribution is -2.20. The minimum absolute atomic E-state index is 1.08. The second-order valence-corrected chi connectivity index (χ2v) is 5.58. The molecule has 0 aliphatic rings. The van der Waals surface area contributed by atoms with Crippen molar-refractivity contribution in [3.63, 3.8) is 0 Å². The van der Waals surface area contributed by atoms with Crippen molar-refractivity contribution in [1.82, 2.24) is 9.88 Å². The number of aryl methyl sites for hydroxylation is 1. The smallest absolute Gasteiger partial charge is 0.0489 e. The van der Waals surface area contributed by atoms with E-state index in [2.05, 4.69) is 58.3 Å². The van der Waals surface area contributed by atoms with Gasteiger partial charge in [0.05, 0.1) is 0 Å². The maximum Gasteiger partial charge on any atom is 0.0489 e. The Bertz CT molecular complexity index is 531. The Morgan fingerprint density at radius 2 is 2.00 bits per heavy atom. The number of benzene rings is 1. The zero-order valence-corrected chi connectivity index (χ0v) is 12.7. The Morgan fingerprint density at radius 1 is 1.22 bits per heavy atom. The van der Waals surface area contributed by atoms with Crippen LogP contribution in [0.15, 0.2) is 18.3 Å². The van der Waals surface area contributed by atoms with Gasteiger partial charge < -0.3 is 9.88 Å². The molecule has 18 heavy (non-hydrogen) atoms. The molecule has 1 aromatic heterocycles. The summed E-state index contributed by atoms with van der Waals surface area (Å²) in [4.78, 5) is 5.80. The Hall–Kier alpha value is -0.850. The molecule has 1 heterocycles. The fourth-order valence-electron chi connectivity index (χ4n) is 2.34. The molecule has 0 amide bonds. The van der Waals surface area contributed by atoms with Gasteiger partial charge in [0.1, 0.15) is 0 Å². The molecule has 2 rings (SSSR count). The molecule has 2 aromatic rings. The molecule has 0 bridgehead atoms. The molecular formula is C15H23N2P. The van der Waals surface area contributed by atoms with Crippen molar-refractivity contribution < 1.29 is 0 Å². The maximum atomic E-state index is 3.45. The maximum absolute atomic E-state index is 3.45. The van der Waals surface area contributed by atoms with Gasteiger partial charge in [-0.25, -0.2) is 0 Å². The summed E-state index contributed by atoms with van der Waals surface area (Å²) in [6.07, 6.45) is 4.37. The fraction of sp³-hybridized carbons (Fsp3) is 0.467. The number of aromatic nitrogens is 1. The monoisotopic (exact) mass is 262 g/mol. The van der Waals surface area contributed by atoms with E-state index in [1.54, 1.807) is 0 Å². The van der Waals surface area contributed by atoms with Gasteiger partial charge in [0.2, 0.25) is 0 Å². The normalized spacial score (nSPS) is 11.6. The zero-order chi connectivity index (χ0) is 13.1. The van der Waals surface area contributed by atoms with E-state index < -0.39 is 0 Å². The summed E-state index contributed by atoms with van der Waals surface area (Å²) in [7, 11) is 5.00. The van der Waals surface area contributed by atoms with Crippen molar-refractivity contribution in [1.29, 1.82) is 0 Å². The molecule has 1 N–H and O–H groups in total. The first kappa shape index (κ1) is 13.6. The van der Waals surface area contributed by atoms with Crippen molar-refractivity contribution in [2.75, 3.05) is 20.1 Å². The molecule has 98 valence electrons. The highest BCUT2D eigenvalue weighted by molar-refractivity contribution is 7.27. The molecule has 0 aliphatic carbocycles. The van der Waals surface area contributed by atoms with E-state index in [1.165, 1.54) is 27.3 Å². The minimum atomic E-state index is 1.08. The Labute approximate surface area is 112 Å². The first-order valence-corrected chi connectivity index (χ1v) is 7.30. The van der Waals surface area contributed by atoms with Gasteiger partial charge in [-0.15, -0.1) is 9.24 Å². The predicted molar refractivity (Wildman–Crippen MR) is 83.9 cm³/mol. The third-order valence-electron chi connectivity index (χ3n) is 3.66. The lowest BCUT2D eigenvalue weighted by Gasteiger charge is -2.13. The number of aromatic amines is 1. The van der Waals surface area contributed by atoms with Crippen LogP contribution in [-0.4, -0.2) is 30.0 Å². The zero-order valence-electron chi connectivity index (χ0n) is 11.6. The summed E-state index contributed by atoms with van der Waals surface area (Å²) in [5.74, 6) is 0. The average Bonchev–Trinajstić information content (AvgIpc) is 2.77. The van der Waals surface area contributed by atoms with Gasteiger partial charge in [-0.3, -0.25) is 0 Å². The van der Waals surface area contributed by atoms with Gasteiger partial charge in [0, 0.05) is 23.6 Å². The number of H-pyrrole nitrogens is 1. The number of rotatable bonds is 5. The summed E-state index contributed by atoms with van der Waals surface area (Å²) < 4.78 is 0. The Balaban J connectivity index is 2.32. The topological polar surface area (TPSA) is 19.0 Å². The SMILES string of the molecule is CCc1cc(P)cc2c(CCN(C)CC)c[nH]c12. The van der Waals surface area contributed by atoms with Crippen LogP contribution in [0.5, 0.6) is 0 Å². The highest BCUT2D eigenvalue weighted by Gasteiger charge is 2.08. The van der Waals surface area contributed by atoms with Crippen molar-refractivity contribution in [3.05, 3.63) is 29.5 Å². The molecule has 1 aromatic carbocycles. The molecule has 1 atom stereocenters. The largest absolute Gasteiger partial charge is 0.361 e. The third-order valence-corrected chi connectivity index (χ3v) is 4.00. The number of hydrogen-bond acceptors (Lipinski definition) is 1. The van der Waals surface area contributed by atoms with Gasteiger partial charge in [-0.1, -0.05) is 13.8 Å². The quantitative estimate of drug-likeness (QED) is 0.821. The summed E-state index contributed by atoms with van der Waals surface area (Å²) in [5, 5.41) is 2.67. The van der Waals surface area contributed by atoms with Crippen LogP contribution < -0.4 is 5.30 Å². The molecule has 0 fully saturated rings. The molecular weight excluding hydrogens is 239 g/mol. The van der Waals surface area contributed by atoms with Crippen LogP contribution in [0.1, 0.15) is 25.0 Å². The van der Waals surface area contributed by atoms with Crippen molar-refractivity contribution in [2.24, 2.45) is 0 Å². The van der Waals surface area contributed by atoms with Crippen LogP contribution >= 0.6 is 9.24 Å². The number of nitrogens with zero attached hydrogens (tertiary/aromatic N) is 1. The first-order chi connectivity index (χ1) is 8.65. The van der Waals surface area contributed by atoms with E-state index in [-0.39, 0.29) is 0 Å². The van der Waals surface area contributed by atoms with Gasteiger partial charge in [-0.05, 0) is 55.0 Å². The van der Waals surface area contributed by atoms with Crippen molar-refractivity contribution >= 4 is 25.4 Å². The molecule has 0 spiro atoms. The van der Waals surface area contributed by atoms with E-state index in [4.69, 9.17) is 0 Å². The van der Waals surface area contributed by atoms with Gasteiger partial charge in [0.25, 0.3) is 0 Å². The number of nitrogens with one attached hydrogen (secondary N) is 1. The Morgan fingerprint density at radius 3 is 2.67 bits per heavy atom. The number of fused-ring (bicyclic) bond motifs is 1. The summed E-state index contributed by atoms with van der Waals surface area (Å²) in [6, 6.07) is 4.53. The lowest BCUT2D eigenvalue weighted by atomic mass is 10.1. The summed E-state index contributed by atoms with van der Waals surface area (Å²) in [5.41, 5.74) is 4.16. The van der Waals surface area contributed by atoms with Gasteiger partial charge in [-0.2, -0.15) is 0 Å². The van der Waals surface area contributed by atoms with Crippen LogP contribution in [0, 0.1) is 0 Å². The Kier molecular flexibility index (Phi) is 4.42. The van der Waals surface area contributed by atoms with Gasteiger partial charge in [0.15, 0.2) is 0 Å². The van der Waals surface area contributed by atoms with E-state index in [1.807, 2.05) is 0 Å². The van der Waals surface area contributed by atoms with Crippen LogP contribution in [0.25, 0.3) is 10.9 Å². The second kappa shape index (κ2) is 5.86. The molecule has 3 heteroatoms. The second-order valence-electron chi connectivity index (χ2n) is 4.92. The van der Waals surface area contributed by atoms with E-state index in [9.17, 15) is 0 Å². The van der Waals surface area contributed by atoms with E-state index in [0.717, 1.165) is 25.9 Å². The van der Waals surface area contributed by atoms with E-state index in [0.29, 0.717) is 0 Å². The molecule has 1 unspecified atom stereocenters. The van der Waals surface area contributed by atoms with E-state index >= 15 is 0 Å². The van der Waals surface area contributed by atoms with Crippen LogP contribution in [0.3, 0.4) is 0 Å². The highest BCUT2D eigenvalue weighted by atomic mass is 31.0. The summed E-state index contributed by atoms with van der Waals surface area (Å²) >= 11 is 0. The average molecular weight is 262 g/mol. The van der Waals surface area contributed by atoms with Gasteiger partial charge >= 0.3 is 0 Å². The molecule has 2 nitrogen and oxygen atoms in total. The first-order valence-electron chi connectivity index (χ1n) is 6.72. The lowest BCUT2D eigenvalue weighted by molar-refractivity contribution is 0.358. The summed E-state index contributed by atoms with van der Waals surface area (Å²) in [6.45, 7) is 6.64. The minimum Gasteiger partial charge on any atom is -0.361 e.